The topological polar surface area (TPSA) is 59.8 Å². The first-order valence-corrected chi connectivity index (χ1v) is 13.3. The molecule has 2 aliphatic carbocycles. The summed E-state index contributed by atoms with van der Waals surface area (Å²) in [6.07, 6.45) is 9.62. The van der Waals surface area contributed by atoms with Gasteiger partial charge in [-0.05, 0) is 42.6 Å². The van der Waals surface area contributed by atoms with Gasteiger partial charge in [0.1, 0.15) is 0 Å². The SMILES string of the molecule is CC1CCCCC1NC(=O)CSc1nnc(-c2ccc(C(C)(C)C)cc2)n1C1CCCC1. The van der Waals surface area contributed by atoms with Crippen molar-refractivity contribution in [3.05, 3.63) is 29.8 Å². The van der Waals surface area contributed by atoms with Crippen LogP contribution in [0.4, 0.5) is 0 Å². The van der Waals surface area contributed by atoms with E-state index in [1.807, 2.05) is 0 Å². The van der Waals surface area contributed by atoms with E-state index in [2.05, 4.69) is 72.0 Å². The molecule has 5 nitrogen and oxygen atoms in total. The fourth-order valence-electron chi connectivity index (χ4n) is 5.09. The molecular formula is C26H38N4OS. The Morgan fingerprint density at radius 2 is 1.69 bits per heavy atom. The van der Waals surface area contributed by atoms with Gasteiger partial charge in [-0.15, -0.1) is 10.2 Å². The normalized spacial score (nSPS) is 22.2. The molecule has 174 valence electrons. The quantitative estimate of drug-likeness (QED) is 0.532. The zero-order valence-electron chi connectivity index (χ0n) is 20.1. The molecule has 2 unspecified atom stereocenters. The van der Waals surface area contributed by atoms with Crippen LogP contribution in [0.3, 0.4) is 0 Å². The van der Waals surface area contributed by atoms with E-state index in [1.165, 1.54) is 49.4 Å². The molecular weight excluding hydrogens is 416 g/mol. The van der Waals surface area contributed by atoms with Gasteiger partial charge in [-0.3, -0.25) is 9.36 Å². The summed E-state index contributed by atoms with van der Waals surface area (Å²) in [4.78, 5) is 12.7. The molecule has 2 aliphatic rings. The Kier molecular flexibility index (Phi) is 7.28. The van der Waals surface area contributed by atoms with E-state index in [1.54, 1.807) is 0 Å². The van der Waals surface area contributed by atoms with Gasteiger partial charge in [0, 0.05) is 17.6 Å². The molecule has 0 saturated heterocycles. The molecule has 32 heavy (non-hydrogen) atoms. The summed E-state index contributed by atoms with van der Waals surface area (Å²) in [6, 6.07) is 9.49. The molecule has 1 aromatic carbocycles. The molecule has 0 bridgehead atoms. The molecule has 2 saturated carbocycles. The van der Waals surface area contributed by atoms with Gasteiger partial charge in [0.15, 0.2) is 11.0 Å². The number of hydrogen-bond donors (Lipinski definition) is 1. The van der Waals surface area contributed by atoms with Gasteiger partial charge in [0.25, 0.3) is 0 Å². The minimum atomic E-state index is 0.116. The minimum Gasteiger partial charge on any atom is -0.352 e. The Morgan fingerprint density at radius 3 is 2.34 bits per heavy atom. The maximum Gasteiger partial charge on any atom is 0.230 e. The largest absolute Gasteiger partial charge is 0.352 e. The standard InChI is InChI=1S/C26H38N4OS/c1-18-9-5-8-12-22(18)27-23(31)17-32-25-29-28-24(30(25)21-10-6-7-11-21)19-13-15-20(16-14-19)26(2,3)4/h13-16,18,21-22H,5-12,17H2,1-4H3,(H,27,31). The van der Waals surface area contributed by atoms with Crippen LogP contribution >= 0.6 is 11.8 Å². The molecule has 2 atom stereocenters. The van der Waals surface area contributed by atoms with E-state index >= 15 is 0 Å². The van der Waals surface area contributed by atoms with Gasteiger partial charge in [-0.1, -0.05) is 89.4 Å². The van der Waals surface area contributed by atoms with Crippen LogP contribution in [0.1, 0.15) is 90.7 Å². The lowest BCUT2D eigenvalue weighted by atomic mass is 9.86. The summed E-state index contributed by atoms with van der Waals surface area (Å²) in [5, 5.41) is 13.3. The second-order valence-electron chi connectivity index (χ2n) is 10.7. The lowest BCUT2D eigenvalue weighted by Gasteiger charge is -2.29. The minimum absolute atomic E-state index is 0.116. The Morgan fingerprint density at radius 1 is 1.03 bits per heavy atom. The highest BCUT2D eigenvalue weighted by molar-refractivity contribution is 7.99. The highest BCUT2D eigenvalue weighted by atomic mass is 32.2. The number of carbonyl (C=O) groups excluding carboxylic acids is 1. The third-order valence-electron chi connectivity index (χ3n) is 7.15. The Bertz CT molecular complexity index is 909. The first-order chi connectivity index (χ1) is 15.3. The number of thioether (sulfide) groups is 1. The van der Waals surface area contributed by atoms with Gasteiger partial charge in [-0.25, -0.2) is 0 Å². The van der Waals surface area contributed by atoms with Crippen molar-refractivity contribution in [2.75, 3.05) is 5.75 Å². The molecule has 6 heteroatoms. The molecule has 0 aliphatic heterocycles. The van der Waals surface area contributed by atoms with Crippen molar-refractivity contribution in [2.45, 2.75) is 102 Å². The predicted molar refractivity (Wildman–Crippen MR) is 132 cm³/mol. The fraction of sp³-hybridized carbons (Fsp3) is 0.654. The first kappa shape index (κ1) is 23.3. The highest BCUT2D eigenvalue weighted by Crippen LogP contribution is 2.37. The summed E-state index contributed by atoms with van der Waals surface area (Å²) in [6.45, 7) is 8.95. The number of amides is 1. The second-order valence-corrected chi connectivity index (χ2v) is 11.6. The van der Waals surface area contributed by atoms with Crippen molar-refractivity contribution in [3.8, 4) is 11.4 Å². The zero-order valence-corrected chi connectivity index (χ0v) is 20.9. The molecule has 1 N–H and O–H groups in total. The second kappa shape index (κ2) is 9.98. The summed E-state index contributed by atoms with van der Waals surface area (Å²) in [5.74, 6) is 2.02. The van der Waals surface area contributed by atoms with Crippen molar-refractivity contribution in [1.82, 2.24) is 20.1 Å². The molecule has 2 aromatic rings. The molecule has 0 radical (unpaired) electrons. The summed E-state index contributed by atoms with van der Waals surface area (Å²) in [7, 11) is 0. The van der Waals surface area contributed by atoms with E-state index in [4.69, 9.17) is 0 Å². The molecule has 1 amide bonds. The lowest BCUT2D eigenvalue weighted by molar-refractivity contribution is -0.119. The van der Waals surface area contributed by atoms with Crippen molar-refractivity contribution in [3.63, 3.8) is 0 Å². The van der Waals surface area contributed by atoms with E-state index in [9.17, 15) is 4.79 Å². The van der Waals surface area contributed by atoms with Crippen LogP contribution in [0.5, 0.6) is 0 Å². The van der Waals surface area contributed by atoms with Gasteiger partial charge >= 0.3 is 0 Å². The van der Waals surface area contributed by atoms with Crippen LogP contribution in [0.15, 0.2) is 29.4 Å². The number of nitrogens with one attached hydrogen (secondary N) is 1. The third-order valence-corrected chi connectivity index (χ3v) is 8.10. The van der Waals surface area contributed by atoms with E-state index in [0.717, 1.165) is 35.8 Å². The van der Waals surface area contributed by atoms with Gasteiger partial charge in [0.05, 0.1) is 5.75 Å². The number of carbonyl (C=O) groups is 1. The zero-order chi connectivity index (χ0) is 22.7. The Hall–Kier alpha value is -1.82. The number of benzene rings is 1. The van der Waals surface area contributed by atoms with Crippen LogP contribution in [0, 0.1) is 5.92 Å². The van der Waals surface area contributed by atoms with E-state index in [0.29, 0.717) is 23.8 Å². The van der Waals surface area contributed by atoms with Crippen LogP contribution in [-0.2, 0) is 10.2 Å². The van der Waals surface area contributed by atoms with Crippen molar-refractivity contribution >= 4 is 17.7 Å². The number of rotatable bonds is 6. The number of hydrogen-bond acceptors (Lipinski definition) is 4. The lowest BCUT2D eigenvalue weighted by Crippen LogP contribution is -2.41. The summed E-state index contributed by atoms with van der Waals surface area (Å²) >= 11 is 1.53. The van der Waals surface area contributed by atoms with Gasteiger partial charge < -0.3 is 5.32 Å². The maximum atomic E-state index is 12.7. The fourth-order valence-corrected chi connectivity index (χ4v) is 5.91. The van der Waals surface area contributed by atoms with Gasteiger partial charge in [0.2, 0.25) is 5.91 Å². The van der Waals surface area contributed by atoms with Crippen molar-refractivity contribution < 1.29 is 4.79 Å². The Labute approximate surface area is 197 Å². The number of nitrogens with zero attached hydrogens (tertiary/aromatic N) is 3. The van der Waals surface area contributed by atoms with Crippen molar-refractivity contribution in [2.24, 2.45) is 5.92 Å². The van der Waals surface area contributed by atoms with Crippen LogP contribution in [-0.4, -0.2) is 32.5 Å². The van der Waals surface area contributed by atoms with E-state index < -0.39 is 0 Å². The van der Waals surface area contributed by atoms with Gasteiger partial charge in [-0.2, -0.15) is 0 Å². The van der Waals surface area contributed by atoms with Crippen molar-refractivity contribution in [1.29, 1.82) is 0 Å². The Balaban J connectivity index is 1.50. The molecule has 4 rings (SSSR count). The summed E-state index contributed by atoms with van der Waals surface area (Å²) in [5.41, 5.74) is 2.54. The molecule has 0 spiro atoms. The molecule has 2 fully saturated rings. The maximum absolute atomic E-state index is 12.7. The molecule has 1 aromatic heterocycles. The predicted octanol–water partition coefficient (Wildman–Crippen LogP) is 6.14. The average Bonchev–Trinajstić information content (AvgIpc) is 3.43. The van der Waals surface area contributed by atoms with E-state index in [-0.39, 0.29) is 11.3 Å². The number of aromatic nitrogens is 3. The van der Waals surface area contributed by atoms with Crippen LogP contribution in [0.25, 0.3) is 11.4 Å². The highest BCUT2D eigenvalue weighted by Gasteiger charge is 2.27. The average molecular weight is 455 g/mol. The van der Waals surface area contributed by atoms with Crippen LogP contribution in [0.2, 0.25) is 0 Å². The monoisotopic (exact) mass is 454 g/mol. The third kappa shape index (κ3) is 5.38. The first-order valence-electron chi connectivity index (χ1n) is 12.3. The molecule has 1 heterocycles. The summed E-state index contributed by atoms with van der Waals surface area (Å²) < 4.78 is 2.31. The smallest absolute Gasteiger partial charge is 0.230 e. The van der Waals surface area contributed by atoms with Crippen LogP contribution < -0.4 is 5.32 Å².